The van der Waals surface area contributed by atoms with Gasteiger partial charge in [-0.3, -0.25) is 10.1 Å². The zero-order valence-electron chi connectivity index (χ0n) is 18.5. The predicted molar refractivity (Wildman–Crippen MR) is 131 cm³/mol. The molecule has 2 N–H and O–H groups in total. The third-order valence-corrected chi connectivity index (χ3v) is 6.63. The van der Waals surface area contributed by atoms with Gasteiger partial charge in [-0.2, -0.15) is 0 Å². The van der Waals surface area contributed by atoms with E-state index in [1.54, 1.807) is 23.5 Å². The van der Waals surface area contributed by atoms with Crippen molar-refractivity contribution in [3.05, 3.63) is 95.0 Å². The van der Waals surface area contributed by atoms with Crippen LogP contribution in [0.3, 0.4) is 0 Å². The maximum absolute atomic E-state index is 13.5. The maximum atomic E-state index is 13.5. The molecule has 1 aromatic heterocycles. The molecule has 4 rings (SSSR count). The minimum atomic E-state index is -0.776. The third kappa shape index (κ3) is 5.21. The highest BCUT2D eigenvalue weighted by atomic mass is 32.1. The van der Waals surface area contributed by atoms with Crippen molar-refractivity contribution in [2.45, 2.75) is 25.3 Å². The van der Waals surface area contributed by atoms with Crippen LogP contribution in [0.4, 0.5) is 10.5 Å². The minimum absolute atomic E-state index is 0.0651. The molecule has 2 amide bonds. The second-order valence-corrected chi connectivity index (χ2v) is 9.06. The molecule has 1 atom stereocenters. The largest absolute Gasteiger partial charge is 0.453 e. The molecule has 0 bridgehead atoms. The van der Waals surface area contributed by atoms with Gasteiger partial charge in [0.15, 0.2) is 0 Å². The van der Waals surface area contributed by atoms with Crippen molar-refractivity contribution in [1.82, 2.24) is 10.3 Å². The lowest BCUT2D eigenvalue weighted by molar-refractivity contribution is -0.126. The highest BCUT2D eigenvalue weighted by molar-refractivity contribution is 7.18. The van der Waals surface area contributed by atoms with Crippen molar-refractivity contribution in [3.63, 3.8) is 0 Å². The molecule has 0 saturated heterocycles. The quantitative estimate of drug-likeness (QED) is 0.393. The molecule has 3 aromatic carbocycles. The summed E-state index contributed by atoms with van der Waals surface area (Å²) in [6.45, 7) is 2.34. The van der Waals surface area contributed by atoms with E-state index in [1.165, 1.54) is 7.11 Å². The number of fused-ring (bicyclic) bond motifs is 1. The summed E-state index contributed by atoms with van der Waals surface area (Å²) >= 11 is 1.62. The Morgan fingerprint density at radius 1 is 0.970 bits per heavy atom. The molecule has 1 heterocycles. The molecular weight excluding hydrogens is 434 g/mol. The monoisotopic (exact) mass is 459 g/mol. The zero-order valence-corrected chi connectivity index (χ0v) is 19.3. The van der Waals surface area contributed by atoms with Gasteiger partial charge in [-0.25, -0.2) is 9.78 Å². The number of benzene rings is 3. The van der Waals surface area contributed by atoms with Crippen LogP contribution in [0, 0.1) is 0 Å². The number of thiazole rings is 1. The molecule has 168 valence electrons. The number of ether oxygens (including phenoxy) is 1. The summed E-state index contributed by atoms with van der Waals surface area (Å²) in [7, 11) is 1.32. The summed E-state index contributed by atoms with van der Waals surface area (Å²) in [5, 5.41) is 6.63. The second-order valence-electron chi connectivity index (χ2n) is 7.95. The van der Waals surface area contributed by atoms with Gasteiger partial charge in [0.1, 0.15) is 0 Å². The summed E-state index contributed by atoms with van der Waals surface area (Å²) in [6.07, 6.45) is -0.0194. The van der Waals surface area contributed by atoms with E-state index < -0.39 is 11.5 Å². The van der Waals surface area contributed by atoms with E-state index in [-0.39, 0.29) is 5.91 Å². The van der Waals surface area contributed by atoms with Gasteiger partial charge in [0.2, 0.25) is 5.91 Å². The van der Waals surface area contributed by atoms with Gasteiger partial charge in [-0.15, -0.1) is 11.3 Å². The fraction of sp³-hybridized carbons (Fsp3) is 0.192. The van der Waals surface area contributed by atoms with Crippen molar-refractivity contribution in [1.29, 1.82) is 0 Å². The maximum Gasteiger partial charge on any atom is 0.411 e. The standard InChI is InChI=1S/C26H25N3O3S/c1-26(19-8-4-3-5-9-19,16-23-29-21-10-6-7-11-22(21)33-23)24(30)27-17-18-12-14-20(15-13-18)28-25(31)32-2/h3-15H,16-17H2,1-2H3,(H,27,30)(H,28,31). The summed E-state index contributed by atoms with van der Waals surface area (Å²) < 4.78 is 5.71. The number of rotatable bonds is 7. The average molecular weight is 460 g/mol. The summed E-state index contributed by atoms with van der Waals surface area (Å²) in [6, 6.07) is 25.1. The highest BCUT2D eigenvalue weighted by Crippen LogP contribution is 2.32. The Balaban J connectivity index is 1.52. The lowest BCUT2D eigenvalue weighted by atomic mass is 9.78. The van der Waals surface area contributed by atoms with Crippen LogP contribution in [0.15, 0.2) is 78.9 Å². The summed E-state index contributed by atoms with van der Waals surface area (Å²) in [5.74, 6) is -0.0651. The van der Waals surface area contributed by atoms with Crippen molar-refractivity contribution < 1.29 is 14.3 Å². The SMILES string of the molecule is COC(=O)Nc1ccc(CNC(=O)C(C)(Cc2nc3ccccc3s2)c2ccccc2)cc1. The molecule has 1 unspecified atom stereocenters. The van der Waals surface area contributed by atoms with Gasteiger partial charge < -0.3 is 10.1 Å². The number of carbonyl (C=O) groups excluding carboxylic acids is 2. The normalized spacial score (nSPS) is 12.7. The van der Waals surface area contributed by atoms with E-state index in [1.807, 2.05) is 67.6 Å². The van der Waals surface area contributed by atoms with Gasteiger partial charge in [0, 0.05) is 18.7 Å². The van der Waals surface area contributed by atoms with Crippen molar-refractivity contribution in [2.24, 2.45) is 0 Å². The number of aromatic nitrogens is 1. The number of hydrogen-bond acceptors (Lipinski definition) is 5. The summed E-state index contributed by atoms with van der Waals surface area (Å²) in [4.78, 5) is 29.6. The van der Waals surface area contributed by atoms with E-state index in [4.69, 9.17) is 4.98 Å². The van der Waals surface area contributed by atoms with Crippen molar-refractivity contribution in [3.8, 4) is 0 Å². The molecule has 6 nitrogen and oxygen atoms in total. The van der Waals surface area contributed by atoms with Crippen LogP contribution in [0.1, 0.15) is 23.1 Å². The topological polar surface area (TPSA) is 80.3 Å². The fourth-order valence-corrected chi connectivity index (χ4v) is 4.79. The first kappa shape index (κ1) is 22.5. The molecular formula is C26H25N3O3S. The van der Waals surface area contributed by atoms with Crippen molar-refractivity contribution >= 4 is 39.2 Å². The van der Waals surface area contributed by atoms with Gasteiger partial charge in [0.05, 0.1) is 27.7 Å². The Morgan fingerprint density at radius 3 is 2.36 bits per heavy atom. The first-order chi connectivity index (χ1) is 16.0. The van der Waals surface area contributed by atoms with E-state index in [2.05, 4.69) is 21.4 Å². The van der Waals surface area contributed by atoms with E-state index >= 15 is 0 Å². The van der Waals surface area contributed by atoms with E-state index in [0.29, 0.717) is 18.7 Å². The Kier molecular flexibility index (Phi) is 6.70. The van der Waals surface area contributed by atoms with E-state index in [0.717, 1.165) is 26.4 Å². The van der Waals surface area contributed by atoms with Gasteiger partial charge in [0.25, 0.3) is 0 Å². The fourth-order valence-electron chi connectivity index (χ4n) is 3.67. The van der Waals surface area contributed by atoms with Crippen LogP contribution in [0.25, 0.3) is 10.2 Å². The zero-order chi connectivity index (χ0) is 23.3. The molecule has 33 heavy (non-hydrogen) atoms. The van der Waals surface area contributed by atoms with E-state index in [9.17, 15) is 9.59 Å². The van der Waals surface area contributed by atoms with Crippen LogP contribution >= 0.6 is 11.3 Å². The number of hydrogen-bond donors (Lipinski definition) is 2. The number of para-hydroxylation sites is 1. The molecule has 4 aromatic rings. The Hall–Kier alpha value is -3.71. The van der Waals surface area contributed by atoms with Crippen LogP contribution in [-0.4, -0.2) is 24.1 Å². The number of nitrogens with zero attached hydrogens (tertiary/aromatic N) is 1. The molecule has 0 aliphatic heterocycles. The lowest BCUT2D eigenvalue weighted by Crippen LogP contribution is -2.43. The molecule has 0 radical (unpaired) electrons. The Bertz CT molecular complexity index is 1220. The Labute approximate surface area is 196 Å². The first-order valence-corrected chi connectivity index (χ1v) is 11.4. The van der Waals surface area contributed by atoms with Crippen LogP contribution in [-0.2, 0) is 27.9 Å². The number of carbonyl (C=O) groups is 2. The van der Waals surface area contributed by atoms with Crippen LogP contribution in [0.2, 0.25) is 0 Å². The van der Waals surface area contributed by atoms with Crippen LogP contribution in [0.5, 0.6) is 0 Å². The third-order valence-electron chi connectivity index (χ3n) is 5.59. The smallest absolute Gasteiger partial charge is 0.411 e. The highest BCUT2D eigenvalue weighted by Gasteiger charge is 2.36. The molecule has 0 fully saturated rings. The van der Waals surface area contributed by atoms with Crippen LogP contribution < -0.4 is 10.6 Å². The van der Waals surface area contributed by atoms with Gasteiger partial charge >= 0.3 is 6.09 Å². The first-order valence-electron chi connectivity index (χ1n) is 10.6. The predicted octanol–water partition coefficient (Wildman–Crippen LogP) is 5.29. The molecule has 0 spiro atoms. The second kappa shape index (κ2) is 9.83. The number of methoxy groups -OCH3 is 1. The molecule has 0 saturated carbocycles. The van der Waals surface area contributed by atoms with Gasteiger partial charge in [-0.1, -0.05) is 54.6 Å². The number of anilines is 1. The summed E-state index contributed by atoms with van der Waals surface area (Å²) in [5.41, 5.74) is 2.67. The Morgan fingerprint density at radius 2 is 1.67 bits per heavy atom. The number of nitrogens with one attached hydrogen (secondary N) is 2. The number of amides is 2. The van der Waals surface area contributed by atoms with Gasteiger partial charge in [-0.05, 0) is 42.3 Å². The molecule has 0 aliphatic rings. The average Bonchev–Trinajstić information content (AvgIpc) is 3.25. The molecule has 7 heteroatoms. The van der Waals surface area contributed by atoms with Crippen molar-refractivity contribution in [2.75, 3.05) is 12.4 Å². The molecule has 0 aliphatic carbocycles. The minimum Gasteiger partial charge on any atom is -0.453 e. The lowest BCUT2D eigenvalue weighted by Gasteiger charge is -2.28.